The van der Waals surface area contributed by atoms with Crippen LogP contribution in [-0.4, -0.2) is 37.2 Å². The summed E-state index contributed by atoms with van der Waals surface area (Å²) in [5.74, 6) is -0.103. The maximum absolute atomic E-state index is 12.5. The van der Waals surface area contributed by atoms with E-state index in [4.69, 9.17) is 14.2 Å². The summed E-state index contributed by atoms with van der Waals surface area (Å²) in [6.07, 6.45) is 29.8. The van der Waals surface area contributed by atoms with Crippen molar-refractivity contribution in [1.82, 2.24) is 0 Å². The monoisotopic (exact) mass is 639 g/mol. The van der Waals surface area contributed by atoms with Crippen molar-refractivity contribution in [3.63, 3.8) is 0 Å². The summed E-state index contributed by atoms with van der Waals surface area (Å²) in [7, 11) is 0. The Labute approximate surface area is 278 Å². The van der Waals surface area contributed by atoms with Gasteiger partial charge in [0.15, 0.2) is 6.10 Å². The zero-order chi connectivity index (χ0) is 33.2. The van der Waals surface area contributed by atoms with Crippen molar-refractivity contribution in [3.05, 3.63) is 0 Å². The van der Waals surface area contributed by atoms with E-state index in [0.717, 1.165) is 70.1 Å². The normalized spacial score (nSPS) is 11.9. The number of esters is 3. The Bertz CT molecular complexity index is 676. The van der Waals surface area contributed by atoms with Crippen molar-refractivity contribution in [1.29, 1.82) is 0 Å². The molecule has 0 amide bonds. The highest BCUT2D eigenvalue weighted by molar-refractivity contribution is 5.71. The lowest BCUT2D eigenvalue weighted by Gasteiger charge is -2.18. The minimum Gasteiger partial charge on any atom is -0.462 e. The summed E-state index contributed by atoms with van der Waals surface area (Å²) < 4.78 is 16.5. The zero-order valence-electron chi connectivity index (χ0n) is 30.3. The van der Waals surface area contributed by atoms with Gasteiger partial charge in [-0.25, -0.2) is 0 Å². The highest BCUT2D eigenvalue weighted by Crippen LogP contribution is 2.15. The first-order valence-corrected chi connectivity index (χ1v) is 19.4. The largest absolute Gasteiger partial charge is 0.462 e. The van der Waals surface area contributed by atoms with Crippen molar-refractivity contribution in [2.75, 3.05) is 13.2 Å². The number of rotatable bonds is 34. The van der Waals surface area contributed by atoms with Crippen molar-refractivity contribution >= 4 is 17.9 Å². The molecule has 0 N–H and O–H groups in total. The molecule has 0 heterocycles. The van der Waals surface area contributed by atoms with Crippen LogP contribution in [0, 0.1) is 5.92 Å². The molecule has 6 heteroatoms. The van der Waals surface area contributed by atoms with Gasteiger partial charge in [0.05, 0.1) is 0 Å². The molecule has 0 aromatic rings. The third kappa shape index (κ3) is 33.6. The molecule has 6 nitrogen and oxygen atoms in total. The van der Waals surface area contributed by atoms with E-state index >= 15 is 0 Å². The van der Waals surface area contributed by atoms with E-state index < -0.39 is 6.10 Å². The fraction of sp³-hybridized carbons (Fsp3) is 0.923. The van der Waals surface area contributed by atoms with Crippen LogP contribution in [0.4, 0.5) is 0 Å². The van der Waals surface area contributed by atoms with Crippen LogP contribution < -0.4 is 0 Å². The second-order valence-corrected chi connectivity index (χ2v) is 13.7. The number of hydrogen-bond donors (Lipinski definition) is 0. The Kier molecular flexibility index (Phi) is 32.6. The van der Waals surface area contributed by atoms with Crippen LogP contribution >= 0.6 is 0 Å². The second kappa shape index (κ2) is 33.8. The highest BCUT2D eigenvalue weighted by Gasteiger charge is 2.19. The van der Waals surface area contributed by atoms with Gasteiger partial charge in [-0.1, -0.05) is 169 Å². The van der Waals surface area contributed by atoms with E-state index in [0.29, 0.717) is 19.3 Å². The molecule has 1 atom stereocenters. The number of carbonyl (C=O) groups excluding carboxylic acids is 3. The van der Waals surface area contributed by atoms with Crippen LogP contribution in [0.3, 0.4) is 0 Å². The molecule has 0 aromatic heterocycles. The Morgan fingerprint density at radius 3 is 1.09 bits per heavy atom. The van der Waals surface area contributed by atoms with Gasteiger partial charge < -0.3 is 14.2 Å². The molecule has 0 aliphatic rings. The average Bonchev–Trinajstić information content (AvgIpc) is 3.01. The Balaban J connectivity index is 4.26. The van der Waals surface area contributed by atoms with Gasteiger partial charge in [0.1, 0.15) is 13.2 Å². The number of hydrogen-bond acceptors (Lipinski definition) is 6. The summed E-state index contributed by atoms with van der Waals surface area (Å²) in [5.41, 5.74) is 0. The fourth-order valence-electron chi connectivity index (χ4n) is 5.57. The first kappa shape index (κ1) is 43.4. The predicted molar refractivity (Wildman–Crippen MR) is 187 cm³/mol. The topological polar surface area (TPSA) is 78.9 Å². The van der Waals surface area contributed by atoms with Crippen molar-refractivity contribution in [2.45, 2.75) is 214 Å². The molecule has 0 fully saturated rings. The van der Waals surface area contributed by atoms with Crippen LogP contribution in [0.1, 0.15) is 207 Å². The number of carbonyl (C=O) groups is 3. The average molecular weight is 639 g/mol. The van der Waals surface area contributed by atoms with Crippen LogP contribution in [0.25, 0.3) is 0 Å². The Morgan fingerprint density at radius 1 is 0.422 bits per heavy atom. The van der Waals surface area contributed by atoms with Gasteiger partial charge >= 0.3 is 17.9 Å². The van der Waals surface area contributed by atoms with Gasteiger partial charge in [-0.3, -0.25) is 14.4 Å². The minimum atomic E-state index is -0.756. The van der Waals surface area contributed by atoms with E-state index in [1.165, 1.54) is 96.3 Å². The maximum atomic E-state index is 12.5. The van der Waals surface area contributed by atoms with Crippen LogP contribution in [0.15, 0.2) is 0 Å². The van der Waals surface area contributed by atoms with Gasteiger partial charge in [-0.2, -0.15) is 0 Å². The minimum absolute atomic E-state index is 0.0665. The lowest BCUT2D eigenvalue weighted by molar-refractivity contribution is -0.167. The van der Waals surface area contributed by atoms with Crippen LogP contribution in [0.5, 0.6) is 0 Å². The van der Waals surface area contributed by atoms with Gasteiger partial charge in [-0.15, -0.1) is 0 Å². The van der Waals surface area contributed by atoms with E-state index in [2.05, 4.69) is 27.7 Å². The fourth-order valence-corrected chi connectivity index (χ4v) is 5.57. The molecule has 0 saturated carbocycles. The van der Waals surface area contributed by atoms with Gasteiger partial charge in [0.25, 0.3) is 0 Å². The third-order valence-electron chi connectivity index (χ3n) is 8.54. The Morgan fingerprint density at radius 2 is 0.733 bits per heavy atom. The molecule has 0 unspecified atom stereocenters. The molecule has 0 aliphatic carbocycles. The standard InChI is InChI=1S/C39H74O6/c1-5-7-9-11-12-13-14-15-16-19-23-27-31-38(41)44-34-36(33-43-37(40)30-26-21-10-8-6-2)45-39(42)32-28-24-20-17-18-22-25-29-35(3)4/h35-36H,5-34H2,1-4H3/t36-/m1/s1. The molecule has 0 aromatic carbocycles. The molecule has 0 spiro atoms. The summed E-state index contributed by atoms with van der Waals surface area (Å²) in [6.45, 7) is 8.83. The van der Waals surface area contributed by atoms with Gasteiger partial charge in [0, 0.05) is 19.3 Å². The lowest BCUT2D eigenvalue weighted by Crippen LogP contribution is -2.30. The summed E-state index contributed by atoms with van der Waals surface area (Å²) in [4.78, 5) is 37.2. The SMILES string of the molecule is CCCCCCCCCCCCCCC(=O)OC[C@@H](COC(=O)CCCCCCC)OC(=O)CCCCCCCCCC(C)C. The first-order valence-electron chi connectivity index (χ1n) is 19.4. The number of ether oxygens (including phenoxy) is 3. The maximum Gasteiger partial charge on any atom is 0.306 e. The van der Waals surface area contributed by atoms with E-state index in [1.807, 2.05) is 0 Å². The van der Waals surface area contributed by atoms with Crippen molar-refractivity contribution in [2.24, 2.45) is 5.92 Å². The second-order valence-electron chi connectivity index (χ2n) is 13.7. The van der Waals surface area contributed by atoms with Gasteiger partial charge in [0.2, 0.25) is 0 Å². The molecule has 0 bridgehead atoms. The van der Waals surface area contributed by atoms with Crippen LogP contribution in [-0.2, 0) is 28.6 Å². The first-order chi connectivity index (χ1) is 21.9. The molecule has 0 rings (SSSR count). The van der Waals surface area contributed by atoms with E-state index in [9.17, 15) is 14.4 Å². The molecular formula is C39H74O6. The van der Waals surface area contributed by atoms with E-state index in [1.54, 1.807) is 0 Å². The molecule has 0 saturated heterocycles. The Hall–Kier alpha value is -1.59. The number of unbranched alkanes of at least 4 members (excludes halogenated alkanes) is 21. The molecular weight excluding hydrogens is 564 g/mol. The quantitative estimate of drug-likeness (QED) is 0.0396. The zero-order valence-corrected chi connectivity index (χ0v) is 30.3. The van der Waals surface area contributed by atoms with Crippen molar-refractivity contribution < 1.29 is 28.6 Å². The third-order valence-corrected chi connectivity index (χ3v) is 8.54. The predicted octanol–water partition coefficient (Wildman–Crippen LogP) is 11.6. The molecule has 45 heavy (non-hydrogen) atoms. The summed E-state index contributed by atoms with van der Waals surface area (Å²) in [6, 6.07) is 0. The lowest BCUT2D eigenvalue weighted by atomic mass is 10.0. The molecule has 266 valence electrons. The van der Waals surface area contributed by atoms with Gasteiger partial charge in [-0.05, 0) is 25.2 Å². The molecule has 0 radical (unpaired) electrons. The highest BCUT2D eigenvalue weighted by atomic mass is 16.6. The summed E-state index contributed by atoms with van der Waals surface area (Å²) in [5, 5.41) is 0. The molecule has 0 aliphatic heterocycles. The smallest absolute Gasteiger partial charge is 0.306 e. The van der Waals surface area contributed by atoms with Crippen molar-refractivity contribution in [3.8, 4) is 0 Å². The van der Waals surface area contributed by atoms with Crippen LogP contribution in [0.2, 0.25) is 0 Å². The summed E-state index contributed by atoms with van der Waals surface area (Å²) >= 11 is 0. The van der Waals surface area contributed by atoms with E-state index in [-0.39, 0.29) is 31.1 Å².